The lowest BCUT2D eigenvalue weighted by Gasteiger charge is -2.19. The van der Waals surface area contributed by atoms with Crippen LogP contribution in [0.1, 0.15) is 5.56 Å². The number of ether oxygens (including phenoxy) is 2. The molecule has 0 amide bonds. The van der Waals surface area contributed by atoms with Gasteiger partial charge < -0.3 is 20.5 Å². The van der Waals surface area contributed by atoms with Crippen LogP contribution in [0.25, 0.3) is 0 Å². The number of nitrogens with two attached hydrogens (primary N) is 1. The van der Waals surface area contributed by atoms with Crippen molar-refractivity contribution in [3.63, 3.8) is 0 Å². The monoisotopic (exact) mass is 306 g/mol. The van der Waals surface area contributed by atoms with Crippen LogP contribution in [0.15, 0.2) is 24.5 Å². The summed E-state index contributed by atoms with van der Waals surface area (Å²) in [6, 6.07) is 5.94. The number of anilines is 2. The molecule has 2 aromatic rings. The minimum absolute atomic E-state index is 0.256. The van der Waals surface area contributed by atoms with Gasteiger partial charge in [0.1, 0.15) is 25.2 Å². The van der Waals surface area contributed by atoms with Gasteiger partial charge in [-0.25, -0.2) is 9.97 Å². The van der Waals surface area contributed by atoms with Gasteiger partial charge in [0.25, 0.3) is 0 Å². The van der Waals surface area contributed by atoms with Crippen molar-refractivity contribution in [2.45, 2.75) is 6.42 Å². The molecule has 1 aliphatic heterocycles. The second-order valence-corrected chi connectivity index (χ2v) is 4.94. The highest BCUT2D eigenvalue weighted by Gasteiger charge is 2.11. The molecule has 0 atom stereocenters. The number of nitrogens with zero attached hydrogens (tertiary/aromatic N) is 2. The maximum atomic E-state index is 5.84. The average Bonchev–Trinajstić information content (AvgIpc) is 2.51. The van der Waals surface area contributed by atoms with Gasteiger partial charge in [0.2, 0.25) is 0 Å². The van der Waals surface area contributed by atoms with Gasteiger partial charge in [0.05, 0.1) is 0 Å². The first kappa shape index (κ1) is 13.8. The molecule has 0 radical (unpaired) electrons. The van der Waals surface area contributed by atoms with E-state index in [4.69, 9.17) is 26.8 Å². The molecule has 0 fully saturated rings. The van der Waals surface area contributed by atoms with E-state index in [1.807, 2.05) is 18.2 Å². The molecular weight excluding hydrogens is 292 g/mol. The number of fused-ring (bicyclic) bond motifs is 1. The zero-order valence-electron chi connectivity index (χ0n) is 11.3. The van der Waals surface area contributed by atoms with Gasteiger partial charge in [-0.15, -0.1) is 0 Å². The Morgan fingerprint density at radius 1 is 1.19 bits per heavy atom. The second-order valence-electron chi connectivity index (χ2n) is 4.58. The number of nitrogen functional groups attached to an aromatic ring is 1. The fourth-order valence-corrected chi connectivity index (χ4v) is 2.22. The summed E-state index contributed by atoms with van der Waals surface area (Å²) in [7, 11) is 0. The average molecular weight is 307 g/mol. The predicted octanol–water partition coefficient (Wildman–Crippen LogP) is 2.14. The lowest BCUT2D eigenvalue weighted by atomic mass is 10.1. The first-order chi connectivity index (χ1) is 10.2. The summed E-state index contributed by atoms with van der Waals surface area (Å²) >= 11 is 5.84. The van der Waals surface area contributed by atoms with Gasteiger partial charge in [0.15, 0.2) is 22.5 Å². The van der Waals surface area contributed by atoms with Crippen LogP contribution in [-0.4, -0.2) is 29.7 Å². The SMILES string of the molecule is Nc1c(Cl)ncnc1NCCc1ccc2c(c1)OCCO2. The minimum Gasteiger partial charge on any atom is -0.486 e. The van der Waals surface area contributed by atoms with Crippen LogP contribution >= 0.6 is 11.6 Å². The highest BCUT2D eigenvalue weighted by molar-refractivity contribution is 6.32. The number of hydrogen-bond acceptors (Lipinski definition) is 6. The molecule has 1 aliphatic rings. The minimum atomic E-state index is 0.256. The number of rotatable bonds is 4. The molecule has 0 saturated carbocycles. The van der Waals surface area contributed by atoms with Crippen LogP contribution in [0.3, 0.4) is 0 Å². The molecule has 0 saturated heterocycles. The highest BCUT2D eigenvalue weighted by Crippen LogP contribution is 2.31. The van der Waals surface area contributed by atoms with Crippen LogP contribution in [-0.2, 0) is 6.42 Å². The third-order valence-electron chi connectivity index (χ3n) is 3.15. The number of benzene rings is 1. The van der Waals surface area contributed by atoms with Crippen molar-refractivity contribution >= 4 is 23.1 Å². The summed E-state index contributed by atoms with van der Waals surface area (Å²) in [5.74, 6) is 2.14. The van der Waals surface area contributed by atoms with Gasteiger partial charge in [-0.2, -0.15) is 0 Å². The molecule has 6 nitrogen and oxygen atoms in total. The fourth-order valence-electron chi connectivity index (χ4n) is 2.08. The van der Waals surface area contributed by atoms with E-state index in [1.54, 1.807) is 0 Å². The summed E-state index contributed by atoms with van der Waals surface area (Å²) in [5, 5.41) is 3.41. The number of halogens is 1. The van der Waals surface area contributed by atoms with Gasteiger partial charge in [-0.1, -0.05) is 17.7 Å². The Hall–Kier alpha value is -2.21. The van der Waals surface area contributed by atoms with E-state index >= 15 is 0 Å². The maximum absolute atomic E-state index is 5.84. The Morgan fingerprint density at radius 3 is 2.86 bits per heavy atom. The summed E-state index contributed by atoms with van der Waals surface area (Å²) in [6.07, 6.45) is 2.18. The molecule has 2 heterocycles. The predicted molar refractivity (Wildman–Crippen MR) is 81.1 cm³/mol. The molecule has 7 heteroatoms. The second kappa shape index (κ2) is 6.05. The van der Waals surface area contributed by atoms with Gasteiger partial charge in [-0.3, -0.25) is 0 Å². The Morgan fingerprint density at radius 2 is 2.00 bits per heavy atom. The zero-order valence-corrected chi connectivity index (χ0v) is 12.1. The molecule has 3 rings (SSSR count). The molecule has 0 bridgehead atoms. The third kappa shape index (κ3) is 3.11. The molecule has 1 aromatic carbocycles. The van der Waals surface area contributed by atoms with Crippen molar-refractivity contribution in [3.05, 3.63) is 35.2 Å². The van der Waals surface area contributed by atoms with Crippen molar-refractivity contribution in [1.82, 2.24) is 9.97 Å². The largest absolute Gasteiger partial charge is 0.486 e. The lowest BCUT2D eigenvalue weighted by Crippen LogP contribution is -2.15. The number of hydrogen-bond donors (Lipinski definition) is 2. The van der Waals surface area contributed by atoms with Crippen LogP contribution in [0.4, 0.5) is 11.5 Å². The van der Waals surface area contributed by atoms with Crippen LogP contribution < -0.4 is 20.5 Å². The van der Waals surface area contributed by atoms with Crippen molar-refractivity contribution in [3.8, 4) is 11.5 Å². The summed E-state index contributed by atoms with van der Waals surface area (Å²) < 4.78 is 11.1. The van der Waals surface area contributed by atoms with Crippen molar-refractivity contribution < 1.29 is 9.47 Å². The van der Waals surface area contributed by atoms with Gasteiger partial charge in [0, 0.05) is 6.54 Å². The van der Waals surface area contributed by atoms with Gasteiger partial charge in [-0.05, 0) is 24.1 Å². The molecule has 0 spiro atoms. The summed E-state index contributed by atoms with van der Waals surface area (Å²) in [5.41, 5.74) is 7.30. The highest BCUT2D eigenvalue weighted by atomic mass is 35.5. The number of nitrogens with one attached hydrogen (secondary N) is 1. The Labute approximate surface area is 127 Å². The quantitative estimate of drug-likeness (QED) is 0.842. The van der Waals surface area contributed by atoms with Crippen LogP contribution in [0, 0.1) is 0 Å². The standard InChI is InChI=1S/C14H15ClN4O2/c15-13-12(16)14(19-8-18-13)17-4-3-9-1-2-10-11(7-9)21-6-5-20-10/h1-2,7-8H,3-6,16H2,(H,17,18,19). The van der Waals surface area contributed by atoms with E-state index in [-0.39, 0.29) is 5.15 Å². The molecule has 21 heavy (non-hydrogen) atoms. The molecule has 0 unspecified atom stereocenters. The van der Waals surface area contributed by atoms with Crippen molar-refractivity contribution in [1.29, 1.82) is 0 Å². The topological polar surface area (TPSA) is 82.3 Å². The molecule has 0 aliphatic carbocycles. The van der Waals surface area contributed by atoms with Crippen LogP contribution in [0.2, 0.25) is 5.15 Å². The van der Waals surface area contributed by atoms with E-state index in [2.05, 4.69) is 15.3 Å². The van der Waals surface area contributed by atoms with E-state index in [1.165, 1.54) is 6.33 Å². The van der Waals surface area contributed by atoms with Crippen LogP contribution in [0.5, 0.6) is 11.5 Å². The first-order valence-corrected chi connectivity index (χ1v) is 7.00. The summed E-state index contributed by atoms with van der Waals surface area (Å²) in [6.45, 7) is 1.86. The van der Waals surface area contributed by atoms with Crippen molar-refractivity contribution in [2.75, 3.05) is 30.8 Å². The zero-order chi connectivity index (χ0) is 14.7. The molecule has 110 valence electrons. The molecule has 3 N–H and O–H groups in total. The van der Waals surface area contributed by atoms with Crippen molar-refractivity contribution in [2.24, 2.45) is 0 Å². The lowest BCUT2D eigenvalue weighted by molar-refractivity contribution is 0.171. The van der Waals surface area contributed by atoms with Gasteiger partial charge >= 0.3 is 0 Å². The number of aromatic nitrogens is 2. The Balaban J connectivity index is 1.61. The third-order valence-corrected chi connectivity index (χ3v) is 3.45. The first-order valence-electron chi connectivity index (χ1n) is 6.62. The smallest absolute Gasteiger partial charge is 0.161 e. The normalized spacial score (nSPS) is 13.0. The van der Waals surface area contributed by atoms with E-state index in [0.29, 0.717) is 31.3 Å². The molecule has 1 aromatic heterocycles. The Bertz CT molecular complexity index is 651. The Kier molecular flexibility index (Phi) is 3.96. The van der Waals surface area contributed by atoms with E-state index in [9.17, 15) is 0 Å². The molecular formula is C14H15ClN4O2. The van der Waals surface area contributed by atoms with E-state index in [0.717, 1.165) is 23.5 Å². The fraction of sp³-hybridized carbons (Fsp3) is 0.286. The summed E-state index contributed by atoms with van der Waals surface area (Å²) in [4.78, 5) is 7.88. The van der Waals surface area contributed by atoms with E-state index < -0.39 is 0 Å². The maximum Gasteiger partial charge on any atom is 0.161 e.